The summed E-state index contributed by atoms with van der Waals surface area (Å²) in [6.45, 7) is 0.178. The highest BCUT2D eigenvalue weighted by atomic mass is 35.5. The molecule has 0 N–H and O–H groups in total. The van der Waals surface area contributed by atoms with Crippen LogP contribution in [0.1, 0.15) is 11.1 Å². The van der Waals surface area contributed by atoms with Crippen LogP contribution in [0, 0.1) is 0 Å². The highest BCUT2D eigenvalue weighted by molar-refractivity contribution is 7.07. The van der Waals surface area contributed by atoms with E-state index in [1.165, 1.54) is 4.90 Å². The molecule has 122 valence electrons. The summed E-state index contributed by atoms with van der Waals surface area (Å²) in [5.41, 5.74) is 1.54. The van der Waals surface area contributed by atoms with Gasteiger partial charge < -0.3 is 9.64 Å². The highest BCUT2D eigenvalue weighted by Crippen LogP contribution is 2.24. The van der Waals surface area contributed by atoms with E-state index in [0.29, 0.717) is 22.2 Å². The van der Waals surface area contributed by atoms with E-state index in [-0.39, 0.29) is 18.9 Å². The Bertz CT molecular complexity index is 668. The van der Waals surface area contributed by atoms with Crippen molar-refractivity contribution >= 4 is 46.4 Å². The van der Waals surface area contributed by atoms with Gasteiger partial charge in [0.25, 0.3) is 5.91 Å². The molecule has 1 aromatic carbocycles. The first-order valence-corrected chi connectivity index (χ1v) is 8.51. The summed E-state index contributed by atoms with van der Waals surface area (Å²) in [5, 5.41) is 4.71. The Labute approximate surface area is 148 Å². The third-order valence-electron chi connectivity index (χ3n) is 3.17. The Morgan fingerprint density at radius 2 is 1.91 bits per heavy atom. The fourth-order valence-corrected chi connectivity index (χ4v) is 3.08. The first-order valence-electron chi connectivity index (χ1n) is 6.81. The van der Waals surface area contributed by atoms with Gasteiger partial charge in [-0.1, -0.05) is 29.3 Å². The lowest BCUT2D eigenvalue weighted by atomic mass is 10.1. The van der Waals surface area contributed by atoms with Crippen LogP contribution in [-0.2, 0) is 27.3 Å². The molecule has 0 unspecified atom stereocenters. The minimum atomic E-state index is -0.544. The summed E-state index contributed by atoms with van der Waals surface area (Å²) < 4.78 is 5.01. The molecule has 0 aliphatic carbocycles. The Kier molecular flexibility index (Phi) is 6.45. The molecule has 0 bridgehead atoms. The lowest BCUT2D eigenvalue weighted by molar-refractivity contribution is -0.151. The molecule has 0 spiro atoms. The summed E-state index contributed by atoms with van der Waals surface area (Å²) in [4.78, 5) is 25.3. The number of nitrogens with zero attached hydrogens (tertiary/aromatic N) is 1. The van der Waals surface area contributed by atoms with Gasteiger partial charge >= 0.3 is 5.97 Å². The van der Waals surface area contributed by atoms with Gasteiger partial charge in [0.1, 0.15) is 0 Å². The standard InChI is InChI=1S/C16H15Cl2NO3S/c1-19(8-11-5-6-23-10-11)15(20)9-22-16(21)7-12-13(17)3-2-4-14(12)18/h2-6,10H,7-9H2,1H3. The molecule has 1 amide bonds. The topological polar surface area (TPSA) is 46.6 Å². The quantitative estimate of drug-likeness (QED) is 0.725. The second-order valence-corrected chi connectivity index (χ2v) is 6.51. The Balaban J connectivity index is 1.83. The lowest BCUT2D eigenvalue weighted by Crippen LogP contribution is -2.30. The van der Waals surface area contributed by atoms with Gasteiger partial charge in [0.05, 0.1) is 6.42 Å². The van der Waals surface area contributed by atoms with Crippen molar-refractivity contribution in [2.45, 2.75) is 13.0 Å². The zero-order chi connectivity index (χ0) is 16.8. The van der Waals surface area contributed by atoms with E-state index in [2.05, 4.69) is 0 Å². The van der Waals surface area contributed by atoms with Crippen LogP contribution in [0.25, 0.3) is 0 Å². The number of hydrogen-bond donors (Lipinski definition) is 0. The van der Waals surface area contributed by atoms with Crippen molar-refractivity contribution in [3.05, 3.63) is 56.2 Å². The molecule has 7 heteroatoms. The first kappa shape index (κ1) is 17.8. The van der Waals surface area contributed by atoms with Crippen molar-refractivity contribution in [2.75, 3.05) is 13.7 Å². The number of ether oxygens (including phenoxy) is 1. The highest BCUT2D eigenvalue weighted by Gasteiger charge is 2.15. The van der Waals surface area contributed by atoms with Crippen molar-refractivity contribution in [3.63, 3.8) is 0 Å². The SMILES string of the molecule is CN(Cc1ccsc1)C(=O)COC(=O)Cc1c(Cl)cccc1Cl. The van der Waals surface area contributed by atoms with Gasteiger partial charge in [0, 0.05) is 29.2 Å². The summed E-state index contributed by atoms with van der Waals surface area (Å²) in [5.74, 6) is -0.813. The predicted molar refractivity (Wildman–Crippen MR) is 91.9 cm³/mol. The normalized spacial score (nSPS) is 10.4. The van der Waals surface area contributed by atoms with Crippen LogP contribution in [-0.4, -0.2) is 30.4 Å². The van der Waals surface area contributed by atoms with E-state index in [1.807, 2.05) is 16.8 Å². The fraction of sp³-hybridized carbons (Fsp3) is 0.250. The van der Waals surface area contributed by atoms with Crippen LogP contribution < -0.4 is 0 Å². The number of esters is 1. The molecule has 2 aromatic rings. The van der Waals surface area contributed by atoms with Crippen molar-refractivity contribution in [1.29, 1.82) is 0 Å². The van der Waals surface area contributed by atoms with Crippen LogP contribution >= 0.6 is 34.5 Å². The van der Waals surface area contributed by atoms with E-state index in [4.69, 9.17) is 27.9 Å². The number of amides is 1. The minimum absolute atomic E-state index is 0.0694. The van der Waals surface area contributed by atoms with Crippen molar-refractivity contribution < 1.29 is 14.3 Å². The van der Waals surface area contributed by atoms with Crippen LogP contribution in [0.4, 0.5) is 0 Å². The zero-order valence-corrected chi connectivity index (χ0v) is 14.7. The lowest BCUT2D eigenvalue weighted by Gasteiger charge is -2.16. The van der Waals surface area contributed by atoms with Gasteiger partial charge in [0.2, 0.25) is 0 Å². The van der Waals surface area contributed by atoms with E-state index < -0.39 is 5.97 Å². The predicted octanol–water partition coefficient (Wildman–Crippen LogP) is 3.80. The smallest absolute Gasteiger partial charge is 0.310 e. The Hall–Kier alpha value is -1.56. The molecule has 2 rings (SSSR count). The van der Waals surface area contributed by atoms with Crippen LogP contribution in [0.2, 0.25) is 10.0 Å². The van der Waals surface area contributed by atoms with E-state index in [0.717, 1.165) is 5.56 Å². The van der Waals surface area contributed by atoms with Gasteiger partial charge in [-0.25, -0.2) is 0 Å². The van der Waals surface area contributed by atoms with Crippen LogP contribution in [0.15, 0.2) is 35.0 Å². The van der Waals surface area contributed by atoms with Crippen LogP contribution in [0.3, 0.4) is 0 Å². The van der Waals surface area contributed by atoms with Gasteiger partial charge in [-0.15, -0.1) is 0 Å². The third-order valence-corrected chi connectivity index (χ3v) is 4.61. The summed E-state index contributed by atoms with van der Waals surface area (Å²) in [6.07, 6.45) is -0.0694. The summed E-state index contributed by atoms with van der Waals surface area (Å²) >= 11 is 13.6. The van der Waals surface area contributed by atoms with Crippen molar-refractivity contribution in [1.82, 2.24) is 4.90 Å². The summed E-state index contributed by atoms with van der Waals surface area (Å²) in [6, 6.07) is 6.94. The Morgan fingerprint density at radius 3 is 2.52 bits per heavy atom. The second kappa shape index (κ2) is 8.34. The van der Waals surface area contributed by atoms with Crippen molar-refractivity contribution in [2.24, 2.45) is 0 Å². The monoisotopic (exact) mass is 371 g/mol. The van der Waals surface area contributed by atoms with Gasteiger partial charge in [-0.2, -0.15) is 11.3 Å². The number of carbonyl (C=O) groups is 2. The third kappa shape index (κ3) is 5.23. The molecule has 4 nitrogen and oxygen atoms in total. The maximum absolute atomic E-state index is 12.0. The molecule has 1 aromatic heterocycles. The minimum Gasteiger partial charge on any atom is -0.455 e. The average molecular weight is 372 g/mol. The molecule has 0 fully saturated rings. The number of rotatable bonds is 6. The number of carbonyl (C=O) groups excluding carboxylic acids is 2. The number of benzene rings is 1. The zero-order valence-electron chi connectivity index (χ0n) is 12.4. The van der Waals surface area contributed by atoms with Gasteiger partial charge in [-0.05, 0) is 34.5 Å². The number of hydrogen-bond acceptors (Lipinski definition) is 4. The van der Waals surface area contributed by atoms with Crippen LogP contribution in [0.5, 0.6) is 0 Å². The van der Waals surface area contributed by atoms with E-state index in [9.17, 15) is 9.59 Å². The Morgan fingerprint density at radius 1 is 1.22 bits per heavy atom. The molecule has 0 radical (unpaired) electrons. The maximum Gasteiger partial charge on any atom is 0.310 e. The fourth-order valence-electron chi connectivity index (χ4n) is 1.89. The van der Waals surface area contributed by atoms with Gasteiger partial charge in [0.15, 0.2) is 6.61 Å². The second-order valence-electron chi connectivity index (χ2n) is 4.92. The molecule has 23 heavy (non-hydrogen) atoms. The van der Waals surface area contributed by atoms with Crippen molar-refractivity contribution in [3.8, 4) is 0 Å². The molecule has 1 heterocycles. The molecule has 0 aliphatic heterocycles. The molecule has 0 aliphatic rings. The molecule has 0 saturated heterocycles. The molecule has 0 saturated carbocycles. The largest absolute Gasteiger partial charge is 0.455 e. The van der Waals surface area contributed by atoms with E-state index in [1.54, 1.807) is 36.6 Å². The van der Waals surface area contributed by atoms with E-state index >= 15 is 0 Å². The maximum atomic E-state index is 12.0. The number of halogens is 2. The van der Waals surface area contributed by atoms with Gasteiger partial charge in [-0.3, -0.25) is 9.59 Å². The number of likely N-dealkylation sites (N-methyl/N-ethyl adjacent to an activating group) is 1. The summed E-state index contributed by atoms with van der Waals surface area (Å²) in [7, 11) is 1.67. The molecular formula is C16H15Cl2NO3S. The molecular weight excluding hydrogens is 357 g/mol. The first-order chi connectivity index (χ1) is 11.0. The number of thiophene rings is 1. The molecule has 0 atom stereocenters. The average Bonchev–Trinajstić information content (AvgIpc) is 3.01.